The van der Waals surface area contributed by atoms with Gasteiger partial charge in [-0.3, -0.25) is 4.79 Å². The maximum absolute atomic E-state index is 11.8. The SMILES string of the molecule is NS(=O)(=O)Cc1ccc(NC(=O)c2ccc(Cl)o2)cc1. The van der Waals surface area contributed by atoms with Gasteiger partial charge >= 0.3 is 0 Å². The highest BCUT2D eigenvalue weighted by Crippen LogP contribution is 2.16. The second-order valence-electron chi connectivity index (χ2n) is 4.06. The van der Waals surface area contributed by atoms with Crippen LogP contribution < -0.4 is 10.5 Å². The number of nitrogens with two attached hydrogens (primary N) is 1. The number of furan rings is 1. The first kappa shape index (κ1) is 14.6. The molecule has 3 N–H and O–H groups in total. The largest absolute Gasteiger partial charge is 0.440 e. The van der Waals surface area contributed by atoms with E-state index in [-0.39, 0.29) is 16.7 Å². The zero-order valence-corrected chi connectivity index (χ0v) is 11.7. The van der Waals surface area contributed by atoms with Crippen LogP contribution in [0.15, 0.2) is 40.8 Å². The summed E-state index contributed by atoms with van der Waals surface area (Å²) in [7, 11) is -3.57. The van der Waals surface area contributed by atoms with Crippen molar-refractivity contribution in [3.63, 3.8) is 0 Å². The number of hydrogen-bond acceptors (Lipinski definition) is 4. The fraction of sp³-hybridized carbons (Fsp3) is 0.0833. The smallest absolute Gasteiger partial charge is 0.291 e. The molecule has 0 unspecified atom stereocenters. The van der Waals surface area contributed by atoms with Gasteiger partial charge in [-0.05, 0) is 41.4 Å². The van der Waals surface area contributed by atoms with Crippen LogP contribution in [0.2, 0.25) is 5.22 Å². The van der Waals surface area contributed by atoms with Gasteiger partial charge in [-0.2, -0.15) is 0 Å². The molecule has 1 heterocycles. The van der Waals surface area contributed by atoms with Crippen molar-refractivity contribution in [2.45, 2.75) is 5.75 Å². The van der Waals surface area contributed by atoms with Crippen LogP contribution in [0.5, 0.6) is 0 Å². The molecule has 0 fully saturated rings. The van der Waals surface area contributed by atoms with E-state index in [0.29, 0.717) is 11.3 Å². The minimum atomic E-state index is -3.57. The fourth-order valence-electron chi connectivity index (χ4n) is 1.55. The van der Waals surface area contributed by atoms with E-state index in [1.54, 1.807) is 24.3 Å². The van der Waals surface area contributed by atoms with Gasteiger partial charge in [0, 0.05) is 5.69 Å². The summed E-state index contributed by atoms with van der Waals surface area (Å²) in [6.45, 7) is 0. The Labute approximate surface area is 120 Å². The first-order chi connectivity index (χ1) is 9.33. The van der Waals surface area contributed by atoms with Gasteiger partial charge in [-0.25, -0.2) is 13.6 Å². The lowest BCUT2D eigenvalue weighted by Gasteiger charge is -2.04. The number of halogens is 1. The van der Waals surface area contributed by atoms with E-state index < -0.39 is 15.9 Å². The topological polar surface area (TPSA) is 102 Å². The molecule has 0 aliphatic carbocycles. The minimum absolute atomic E-state index is 0.0867. The van der Waals surface area contributed by atoms with Gasteiger partial charge in [0.2, 0.25) is 10.0 Å². The molecular weight excluding hydrogens is 304 g/mol. The number of carbonyl (C=O) groups excluding carboxylic acids is 1. The third-order valence-electron chi connectivity index (χ3n) is 2.38. The van der Waals surface area contributed by atoms with Crippen molar-refractivity contribution in [1.29, 1.82) is 0 Å². The second kappa shape index (κ2) is 5.66. The summed E-state index contributed by atoms with van der Waals surface area (Å²) in [5, 5.41) is 7.66. The molecule has 0 saturated heterocycles. The molecule has 0 bridgehead atoms. The van der Waals surface area contributed by atoms with E-state index in [9.17, 15) is 13.2 Å². The number of hydrogen-bond donors (Lipinski definition) is 2. The van der Waals surface area contributed by atoms with Crippen LogP contribution in [-0.4, -0.2) is 14.3 Å². The maximum Gasteiger partial charge on any atom is 0.291 e. The first-order valence-electron chi connectivity index (χ1n) is 5.49. The molecule has 6 nitrogen and oxygen atoms in total. The molecule has 0 aliphatic rings. The summed E-state index contributed by atoms with van der Waals surface area (Å²) in [6.07, 6.45) is 0. The summed E-state index contributed by atoms with van der Waals surface area (Å²) >= 11 is 5.57. The molecule has 1 aromatic carbocycles. The summed E-state index contributed by atoms with van der Waals surface area (Å²) in [6, 6.07) is 9.19. The lowest BCUT2D eigenvalue weighted by molar-refractivity contribution is 0.0997. The van der Waals surface area contributed by atoms with E-state index in [1.165, 1.54) is 12.1 Å². The Bertz CT molecular complexity index is 722. The van der Waals surface area contributed by atoms with Gasteiger partial charge in [0.05, 0.1) is 5.75 Å². The van der Waals surface area contributed by atoms with Crippen LogP contribution >= 0.6 is 11.6 Å². The minimum Gasteiger partial charge on any atom is -0.440 e. The second-order valence-corrected chi connectivity index (χ2v) is 6.05. The van der Waals surface area contributed by atoms with Crippen LogP contribution in [0.4, 0.5) is 5.69 Å². The van der Waals surface area contributed by atoms with Crippen molar-refractivity contribution in [2.75, 3.05) is 5.32 Å². The lowest BCUT2D eigenvalue weighted by atomic mass is 10.2. The normalized spacial score (nSPS) is 11.3. The lowest BCUT2D eigenvalue weighted by Crippen LogP contribution is -2.14. The van der Waals surface area contributed by atoms with E-state index in [4.69, 9.17) is 21.2 Å². The zero-order valence-electron chi connectivity index (χ0n) is 10.2. The molecule has 20 heavy (non-hydrogen) atoms. The number of primary sulfonamides is 1. The molecule has 1 aromatic heterocycles. The third-order valence-corrected chi connectivity index (χ3v) is 3.32. The van der Waals surface area contributed by atoms with Gasteiger partial charge in [0.25, 0.3) is 5.91 Å². The number of rotatable bonds is 4. The average molecular weight is 315 g/mol. The molecule has 0 spiro atoms. The Hall–Kier alpha value is -1.83. The van der Waals surface area contributed by atoms with Crippen molar-refractivity contribution in [3.05, 3.63) is 52.9 Å². The first-order valence-corrected chi connectivity index (χ1v) is 7.59. The van der Waals surface area contributed by atoms with E-state index in [0.717, 1.165) is 0 Å². The molecule has 1 amide bonds. The van der Waals surface area contributed by atoms with Crippen molar-refractivity contribution in [2.24, 2.45) is 5.14 Å². The van der Waals surface area contributed by atoms with Gasteiger partial charge in [-0.1, -0.05) is 12.1 Å². The molecule has 2 rings (SSSR count). The average Bonchev–Trinajstić information content (AvgIpc) is 2.77. The summed E-state index contributed by atoms with van der Waals surface area (Å²) in [4.78, 5) is 11.8. The molecule has 2 aromatic rings. The molecule has 0 radical (unpaired) electrons. The van der Waals surface area contributed by atoms with Crippen molar-refractivity contribution in [3.8, 4) is 0 Å². The zero-order chi connectivity index (χ0) is 14.8. The molecule has 0 saturated carbocycles. The van der Waals surface area contributed by atoms with E-state index >= 15 is 0 Å². The standard InChI is InChI=1S/C12H11ClN2O4S/c13-11-6-5-10(19-11)12(16)15-9-3-1-8(2-4-9)7-20(14,17)18/h1-6H,7H2,(H,15,16)(H2,14,17,18). The highest BCUT2D eigenvalue weighted by atomic mass is 35.5. The molecule has 0 aliphatic heterocycles. The number of carbonyl (C=O) groups is 1. The Balaban J connectivity index is 2.06. The molecule has 106 valence electrons. The molecule has 0 atom stereocenters. The van der Waals surface area contributed by atoms with Crippen molar-refractivity contribution >= 4 is 33.2 Å². The number of amides is 1. The quantitative estimate of drug-likeness (QED) is 0.900. The Morgan fingerprint density at radius 3 is 2.35 bits per heavy atom. The predicted octanol–water partition coefficient (Wildman–Crippen LogP) is 1.97. The van der Waals surface area contributed by atoms with Gasteiger partial charge in [0.15, 0.2) is 11.0 Å². The van der Waals surface area contributed by atoms with Crippen LogP contribution in [0.25, 0.3) is 0 Å². The highest BCUT2D eigenvalue weighted by molar-refractivity contribution is 7.88. The maximum atomic E-state index is 11.8. The van der Waals surface area contributed by atoms with Crippen molar-refractivity contribution in [1.82, 2.24) is 0 Å². The van der Waals surface area contributed by atoms with Gasteiger partial charge in [0.1, 0.15) is 0 Å². The Morgan fingerprint density at radius 1 is 1.20 bits per heavy atom. The third kappa shape index (κ3) is 4.09. The predicted molar refractivity (Wildman–Crippen MR) is 74.9 cm³/mol. The number of anilines is 1. The van der Waals surface area contributed by atoms with Crippen LogP contribution in [0.1, 0.15) is 16.1 Å². The number of nitrogens with one attached hydrogen (secondary N) is 1. The van der Waals surface area contributed by atoms with E-state index in [1.807, 2.05) is 0 Å². The van der Waals surface area contributed by atoms with Gasteiger partial charge in [-0.15, -0.1) is 0 Å². The van der Waals surface area contributed by atoms with Crippen molar-refractivity contribution < 1.29 is 17.6 Å². The monoisotopic (exact) mass is 314 g/mol. The van der Waals surface area contributed by atoms with Crippen LogP contribution in [-0.2, 0) is 15.8 Å². The summed E-state index contributed by atoms with van der Waals surface area (Å²) in [5.41, 5.74) is 1.03. The number of benzene rings is 1. The fourth-order valence-corrected chi connectivity index (χ4v) is 2.35. The van der Waals surface area contributed by atoms with Crippen LogP contribution in [0.3, 0.4) is 0 Å². The molecule has 8 heteroatoms. The summed E-state index contributed by atoms with van der Waals surface area (Å²) < 4.78 is 26.8. The number of sulfonamides is 1. The summed E-state index contributed by atoms with van der Waals surface area (Å²) in [5.74, 6) is -0.616. The van der Waals surface area contributed by atoms with E-state index in [2.05, 4.69) is 5.32 Å². The Morgan fingerprint density at radius 2 is 1.85 bits per heavy atom. The highest BCUT2D eigenvalue weighted by Gasteiger charge is 2.11. The van der Waals surface area contributed by atoms with Crippen LogP contribution in [0, 0.1) is 0 Å². The van der Waals surface area contributed by atoms with Gasteiger partial charge < -0.3 is 9.73 Å². The molecular formula is C12H11ClN2O4S. The Kier molecular flexibility index (Phi) is 4.12.